The van der Waals surface area contributed by atoms with Crippen LogP contribution < -0.4 is 5.32 Å². The molecule has 0 bridgehead atoms. The standard InChI is InChI=1S/C20H19NO/c1-3-7-15-13(5-1)9-11-17-19(15)22-20-16-8-4-2-6-14(16)10-12-18(20)21-17/h1,3-5,7-8,10-13,18,20-21H,2,6,9H2. The van der Waals surface area contributed by atoms with E-state index in [2.05, 4.69) is 60.0 Å². The predicted molar refractivity (Wildman–Crippen MR) is 87.8 cm³/mol. The maximum absolute atomic E-state index is 6.54. The zero-order chi connectivity index (χ0) is 14.5. The highest BCUT2D eigenvalue weighted by Gasteiger charge is 2.38. The maximum Gasteiger partial charge on any atom is 0.148 e. The minimum atomic E-state index is 0.106. The number of fused-ring (bicyclic) bond motifs is 4. The third-order valence-electron chi connectivity index (χ3n) is 5.17. The molecule has 1 fully saturated rings. The van der Waals surface area contributed by atoms with Crippen LogP contribution in [0.25, 0.3) is 0 Å². The Morgan fingerprint density at radius 2 is 2.05 bits per heavy atom. The van der Waals surface area contributed by atoms with Gasteiger partial charge in [0.15, 0.2) is 0 Å². The van der Waals surface area contributed by atoms with Crippen molar-refractivity contribution in [2.24, 2.45) is 5.92 Å². The van der Waals surface area contributed by atoms with Crippen LogP contribution in [0.4, 0.5) is 0 Å². The second-order valence-corrected chi connectivity index (χ2v) is 6.48. The Labute approximate surface area is 130 Å². The Balaban J connectivity index is 1.57. The van der Waals surface area contributed by atoms with E-state index in [0.29, 0.717) is 5.92 Å². The first-order valence-corrected chi connectivity index (χ1v) is 8.21. The zero-order valence-corrected chi connectivity index (χ0v) is 12.5. The molecule has 2 heteroatoms. The van der Waals surface area contributed by atoms with Crippen LogP contribution in [-0.4, -0.2) is 12.1 Å². The molecule has 5 aliphatic rings. The number of nitrogens with one attached hydrogen (secondary N) is 1. The second-order valence-electron chi connectivity index (χ2n) is 6.48. The summed E-state index contributed by atoms with van der Waals surface area (Å²) in [6.07, 6.45) is 23.6. The van der Waals surface area contributed by atoms with Crippen molar-refractivity contribution in [3.8, 4) is 0 Å². The lowest BCUT2D eigenvalue weighted by atomic mass is 9.82. The van der Waals surface area contributed by atoms with Gasteiger partial charge in [0.1, 0.15) is 11.9 Å². The second kappa shape index (κ2) is 4.64. The predicted octanol–water partition coefficient (Wildman–Crippen LogP) is 3.84. The van der Waals surface area contributed by atoms with Gasteiger partial charge in [-0.3, -0.25) is 0 Å². The van der Waals surface area contributed by atoms with Crippen LogP contribution in [0.5, 0.6) is 0 Å². The lowest BCUT2D eigenvalue weighted by molar-refractivity contribution is 0.101. The molecule has 4 aliphatic carbocycles. The molecule has 1 saturated heterocycles. The fraction of sp³-hybridized carbons (Fsp3) is 0.300. The summed E-state index contributed by atoms with van der Waals surface area (Å²) in [6, 6.07) is 0.247. The quantitative estimate of drug-likeness (QED) is 0.731. The SMILES string of the molecule is C1=CC2=C3OC4C5=C(C=CC4NC3=CCC2C=C1)CCC=C5. The molecule has 110 valence electrons. The van der Waals surface area contributed by atoms with Gasteiger partial charge in [-0.2, -0.15) is 0 Å². The van der Waals surface area contributed by atoms with Crippen LogP contribution in [0, 0.1) is 5.92 Å². The van der Waals surface area contributed by atoms with E-state index in [1.165, 1.54) is 22.4 Å². The van der Waals surface area contributed by atoms with Crippen LogP contribution >= 0.6 is 0 Å². The number of hydrogen-bond donors (Lipinski definition) is 1. The van der Waals surface area contributed by atoms with Gasteiger partial charge in [0, 0.05) is 11.5 Å². The summed E-state index contributed by atoms with van der Waals surface area (Å²) in [7, 11) is 0. The molecule has 22 heavy (non-hydrogen) atoms. The highest BCUT2D eigenvalue weighted by Crippen LogP contribution is 2.40. The van der Waals surface area contributed by atoms with Crippen LogP contribution in [-0.2, 0) is 4.74 Å². The molecule has 2 nitrogen and oxygen atoms in total. The Bertz CT molecular complexity index is 742. The van der Waals surface area contributed by atoms with E-state index >= 15 is 0 Å². The molecule has 3 unspecified atom stereocenters. The van der Waals surface area contributed by atoms with Gasteiger partial charge in [0.25, 0.3) is 0 Å². The largest absolute Gasteiger partial charge is 0.481 e. The fourth-order valence-corrected chi connectivity index (χ4v) is 4.02. The van der Waals surface area contributed by atoms with Crippen molar-refractivity contribution >= 4 is 0 Å². The minimum absolute atomic E-state index is 0.106. The molecule has 1 heterocycles. The Hall–Kier alpha value is -2.22. The first kappa shape index (κ1) is 12.3. The molecule has 0 saturated carbocycles. The summed E-state index contributed by atoms with van der Waals surface area (Å²) < 4.78 is 6.54. The van der Waals surface area contributed by atoms with E-state index in [4.69, 9.17) is 4.74 Å². The third kappa shape index (κ3) is 1.73. The van der Waals surface area contributed by atoms with Gasteiger partial charge in [0.2, 0.25) is 0 Å². The molecule has 0 aromatic rings. The van der Waals surface area contributed by atoms with E-state index in [-0.39, 0.29) is 12.1 Å². The molecular formula is C20H19NO. The summed E-state index contributed by atoms with van der Waals surface area (Å²) >= 11 is 0. The van der Waals surface area contributed by atoms with Crippen LogP contribution in [0.2, 0.25) is 0 Å². The van der Waals surface area contributed by atoms with Crippen LogP contribution in [0.1, 0.15) is 19.3 Å². The average Bonchev–Trinajstić information content (AvgIpc) is 2.60. The van der Waals surface area contributed by atoms with Crippen LogP contribution in [0.3, 0.4) is 0 Å². The highest BCUT2D eigenvalue weighted by atomic mass is 16.5. The first-order chi connectivity index (χ1) is 10.9. The number of morpholine rings is 1. The summed E-state index contributed by atoms with van der Waals surface area (Å²) in [4.78, 5) is 0. The molecule has 1 aliphatic heterocycles. The number of rotatable bonds is 0. The van der Waals surface area contributed by atoms with Gasteiger partial charge < -0.3 is 10.1 Å². The molecule has 0 amide bonds. The lowest BCUT2D eigenvalue weighted by Gasteiger charge is -2.42. The van der Waals surface area contributed by atoms with Crippen molar-refractivity contribution < 1.29 is 4.74 Å². The van der Waals surface area contributed by atoms with Crippen molar-refractivity contribution in [3.63, 3.8) is 0 Å². The number of hydrogen-bond acceptors (Lipinski definition) is 2. The number of ether oxygens (including phenoxy) is 1. The van der Waals surface area contributed by atoms with Gasteiger partial charge in [-0.15, -0.1) is 0 Å². The molecule has 0 aromatic carbocycles. The molecule has 0 radical (unpaired) electrons. The molecule has 0 aromatic heterocycles. The van der Waals surface area contributed by atoms with Gasteiger partial charge >= 0.3 is 0 Å². The van der Waals surface area contributed by atoms with Crippen LogP contribution in [0.15, 0.2) is 82.9 Å². The van der Waals surface area contributed by atoms with Crippen molar-refractivity contribution in [3.05, 3.63) is 82.9 Å². The molecule has 5 rings (SSSR count). The highest BCUT2D eigenvalue weighted by molar-refractivity contribution is 5.51. The molecule has 3 atom stereocenters. The third-order valence-corrected chi connectivity index (χ3v) is 5.17. The van der Waals surface area contributed by atoms with Gasteiger partial charge in [0.05, 0.1) is 11.7 Å². The smallest absolute Gasteiger partial charge is 0.148 e. The Kier molecular flexibility index (Phi) is 2.60. The van der Waals surface area contributed by atoms with Gasteiger partial charge in [-0.1, -0.05) is 54.7 Å². The molecule has 0 spiro atoms. The summed E-state index contributed by atoms with van der Waals surface area (Å²) in [5, 5.41) is 3.69. The van der Waals surface area contributed by atoms with Gasteiger partial charge in [-0.25, -0.2) is 0 Å². The van der Waals surface area contributed by atoms with E-state index in [9.17, 15) is 0 Å². The maximum atomic E-state index is 6.54. The van der Waals surface area contributed by atoms with E-state index in [1.54, 1.807) is 0 Å². The summed E-state index contributed by atoms with van der Waals surface area (Å²) in [5.41, 5.74) is 5.29. The summed E-state index contributed by atoms with van der Waals surface area (Å²) in [5.74, 6) is 1.52. The first-order valence-electron chi connectivity index (χ1n) is 8.21. The van der Waals surface area contributed by atoms with Crippen molar-refractivity contribution in [1.82, 2.24) is 5.32 Å². The van der Waals surface area contributed by atoms with Crippen molar-refractivity contribution in [2.75, 3.05) is 0 Å². The fourth-order valence-electron chi connectivity index (χ4n) is 4.02. The Morgan fingerprint density at radius 3 is 3.05 bits per heavy atom. The van der Waals surface area contributed by atoms with E-state index in [1.807, 2.05) is 0 Å². The van der Waals surface area contributed by atoms with E-state index < -0.39 is 0 Å². The molecule has 1 N–H and O–H groups in total. The topological polar surface area (TPSA) is 21.3 Å². The van der Waals surface area contributed by atoms with Crippen molar-refractivity contribution in [2.45, 2.75) is 31.4 Å². The molecular weight excluding hydrogens is 270 g/mol. The zero-order valence-electron chi connectivity index (χ0n) is 12.5. The van der Waals surface area contributed by atoms with Crippen molar-refractivity contribution in [1.29, 1.82) is 0 Å². The summed E-state index contributed by atoms with van der Waals surface area (Å²) in [6.45, 7) is 0. The van der Waals surface area contributed by atoms with Gasteiger partial charge in [-0.05, 0) is 30.4 Å². The number of allylic oxidation sites excluding steroid dienone is 9. The minimum Gasteiger partial charge on any atom is -0.481 e. The van der Waals surface area contributed by atoms with E-state index in [0.717, 1.165) is 25.0 Å². The monoisotopic (exact) mass is 289 g/mol. The lowest BCUT2D eigenvalue weighted by Crippen LogP contribution is -2.48. The Morgan fingerprint density at radius 1 is 1.05 bits per heavy atom. The average molecular weight is 289 g/mol. The normalized spacial score (nSPS) is 34.2.